The molecule has 2 rings (SSSR count). The van der Waals surface area contributed by atoms with Crippen molar-refractivity contribution in [2.45, 2.75) is 6.04 Å². The Bertz CT molecular complexity index is 703. The van der Waals surface area contributed by atoms with Crippen LogP contribution >= 0.6 is 11.8 Å². The predicted octanol–water partition coefficient (Wildman–Crippen LogP) is 2.06. The summed E-state index contributed by atoms with van der Waals surface area (Å²) in [7, 11) is 1.31. The molecule has 0 aromatic heterocycles. The molecule has 0 aliphatic heterocycles. The molecule has 2 aromatic carbocycles. The molecular weight excluding hydrogens is 300 g/mol. The monoisotopic (exact) mass is 318 g/mol. The van der Waals surface area contributed by atoms with E-state index in [1.54, 1.807) is 12.1 Å². The number of hydrogen-bond acceptors (Lipinski definition) is 5. The number of anilines is 1. The number of fused-ring (bicyclic) bond motifs is 1. The number of ether oxygens (including phenoxy) is 1. The second-order valence-electron chi connectivity index (χ2n) is 4.75. The van der Waals surface area contributed by atoms with Gasteiger partial charge in [-0.1, -0.05) is 24.3 Å². The number of amides is 1. The molecule has 1 amide bonds. The molecule has 6 heteroatoms. The van der Waals surface area contributed by atoms with Crippen molar-refractivity contribution in [3.63, 3.8) is 0 Å². The lowest BCUT2D eigenvalue weighted by Crippen LogP contribution is -2.43. The fraction of sp³-hybridized carbons (Fsp3) is 0.250. The number of nitrogens with one attached hydrogen (secondary N) is 1. The Balaban J connectivity index is 2.33. The lowest BCUT2D eigenvalue weighted by Gasteiger charge is -2.16. The summed E-state index contributed by atoms with van der Waals surface area (Å²) in [6, 6.07) is 10.1. The topological polar surface area (TPSA) is 81.4 Å². The van der Waals surface area contributed by atoms with Crippen LogP contribution in [-0.4, -0.2) is 37.0 Å². The number of nitrogens with two attached hydrogens (primary N) is 1. The molecule has 0 spiro atoms. The van der Waals surface area contributed by atoms with Crippen LogP contribution in [0.2, 0.25) is 0 Å². The molecule has 22 heavy (non-hydrogen) atoms. The molecule has 0 heterocycles. The summed E-state index contributed by atoms with van der Waals surface area (Å²) < 4.78 is 4.72. The van der Waals surface area contributed by atoms with E-state index < -0.39 is 12.0 Å². The van der Waals surface area contributed by atoms with Crippen molar-refractivity contribution in [1.82, 2.24) is 5.32 Å². The van der Waals surface area contributed by atoms with Gasteiger partial charge in [0.05, 0.1) is 7.11 Å². The summed E-state index contributed by atoms with van der Waals surface area (Å²) in [6.07, 6.45) is 1.86. The summed E-state index contributed by atoms with van der Waals surface area (Å²) >= 11 is 1.46. The average molecular weight is 318 g/mol. The Kier molecular flexibility index (Phi) is 5.27. The highest BCUT2D eigenvalue weighted by molar-refractivity contribution is 7.98. The highest BCUT2D eigenvalue weighted by atomic mass is 32.2. The Morgan fingerprint density at radius 1 is 1.23 bits per heavy atom. The number of methoxy groups -OCH3 is 1. The van der Waals surface area contributed by atoms with E-state index in [0.717, 1.165) is 10.8 Å². The third-order valence-corrected chi connectivity index (χ3v) is 3.99. The van der Waals surface area contributed by atoms with Gasteiger partial charge in [-0.05, 0) is 23.8 Å². The van der Waals surface area contributed by atoms with Gasteiger partial charge in [-0.15, -0.1) is 0 Å². The van der Waals surface area contributed by atoms with Crippen LogP contribution in [0.1, 0.15) is 10.4 Å². The fourth-order valence-corrected chi connectivity index (χ4v) is 2.79. The highest BCUT2D eigenvalue weighted by Crippen LogP contribution is 2.24. The number of esters is 1. The van der Waals surface area contributed by atoms with E-state index in [4.69, 9.17) is 10.5 Å². The number of thioether (sulfide) groups is 1. The quantitative estimate of drug-likeness (QED) is 0.651. The van der Waals surface area contributed by atoms with Gasteiger partial charge in [0, 0.05) is 22.4 Å². The molecule has 2 aromatic rings. The van der Waals surface area contributed by atoms with E-state index in [1.165, 1.54) is 18.9 Å². The predicted molar refractivity (Wildman–Crippen MR) is 90.0 cm³/mol. The molecule has 0 saturated heterocycles. The van der Waals surface area contributed by atoms with Crippen molar-refractivity contribution in [2.24, 2.45) is 0 Å². The number of carbonyl (C=O) groups excluding carboxylic acids is 2. The number of rotatable bonds is 5. The van der Waals surface area contributed by atoms with Crippen molar-refractivity contribution >= 4 is 40.1 Å². The van der Waals surface area contributed by atoms with Gasteiger partial charge in [0.15, 0.2) is 0 Å². The summed E-state index contributed by atoms with van der Waals surface area (Å²) in [5.74, 6) is -0.325. The Hall–Kier alpha value is -2.21. The van der Waals surface area contributed by atoms with Crippen LogP contribution in [0.4, 0.5) is 5.69 Å². The zero-order chi connectivity index (χ0) is 16.1. The first-order valence-electron chi connectivity index (χ1n) is 6.73. The second-order valence-corrected chi connectivity index (χ2v) is 5.66. The Morgan fingerprint density at radius 2 is 1.91 bits per heavy atom. The zero-order valence-electron chi connectivity index (χ0n) is 12.5. The standard InChI is InChI=1S/C16H18N2O3S/c1-21-16(20)14(9-22-2)18-15(19)12-7-8-13(17)11-6-4-3-5-10(11)12/h3-8,14H,9,17H2,1-2H3,(H,18,19)/t14-/m1/s1. The summed E-state index contributed by atoms with van der Waals surface area (Å²) in [5, 5.41) is 4.29. The van der Waals surface area contributed by atoms with E-state index in [2.05, 4.69) is 5.32 Å². The van der Waals surface area contributed by atoms with Gasteiger partial charge in [-0.2, -0.15) is 11.8 Å². The van der Waals surface area contributed by atoms with Gasteiger partial charge in [-0.3, -0.25) is 4.79 Å². The molecule has 0 saturated carbocycles. The number of hydrogen-bond donors (Lipinski definition) is 2. The van der Waals surface area contributed by atoms with E-state index in [9.17, 15) is 9.59 Å². The zero-order valence-corrected chi connectivity index (χ0v) is 13.3. The molecular formula is C16H18N2O3S. The van der Waals surface area contributed by atoms with Crippen LogP contribution in [0, 0.1) is 0 Å². The minimum absolute atomic E-state index is 0.319. The van der Waals surface area contributed by atoms with Crippen LogP contribution in [0.15, 0.2) is 36.4 Å². The first-order valence-corrected chi connectivity index (χ1v) is 8.12. The lowest BCUT2D eigenvalue weighted by molar-refractivity contribution is -0.142. The van der Waals surface area contributed by atoms with E-state index in [-0.39, 0.29) is 5.91 Å². The van der Waals surface area contributed by atoms with E-state index in [0.29, 0.717) is 17.0 Å². The maximum Gasteiger partial charge on any atom is 0.329 e. The normalized spacial score (nSPS) is 11.9. The van der Waals surface area contributed by atoms with Crippen LogP contribution in [0.5, 0.6) is 0 Å². The molecule has 3 N–H and O–H groups in total. The third kappa shape index (κ3) is 3.33. The maximum absolute atomic E-state index is 12.5. The first kappa shape index (κ1) is 16.2. The summed E-state index contributed by atoms with van der Waals surface area (Å²) in [6.45, 7) is 0. The van der Waals surface area contributed by atoms with Gasteiger partial charge < -0.3 is 15.8 Å². The van der Waals surface area contributed by atoms with Crippen molar-refractivity contribution in [1.29, 1.82) is 0 Å². The van der Waals surface area contributed by atoms with Crippen LogP contribution in [0.25, 0.3) is 10.8 Å². The van der Waals surface area contributed by atoms with Gasteiger partial charge in [0.2, 0.25) is 0 Å². The smallest absolute Gasteiger partial charge is 0.329 e. The molecule has 0 fully saturated rings. The third-order valence-electron chi connectivity index (χ3n) is 3.33. The highest BCUT2D eigenvalue weighted by Gasteiger charge is 2.22. The number of carbonyl (C=O) groups is 2. The van der Waals surface area contributed by atoms with Gasteiger partial charge >= 0.3 is 5.97 Å². The van der Waals surface area contributed by atoms with Crippen molar-refractivity contribution in [3.8, 4) is 0 Å². The Labute approximate surface area is 133 Å². The second kappa shape index (κ2) is 7.17. The van der Waals surface area contributed by atoms with Crippen LogP contribution < -0.4 is 11.1 Å². The average Bonchev–Trinajstić information content (AvgIpc) is 2.54. The number of benzene rings is 2. The Morgan fingerprint density at radius 3 is 2.55 bits per heavy atom. The van der Waals surface area contributed by atoms with Gasteiger partial charge in [0.1, 0.15) is 6.04 Å². The number of nitrogen functional groups attached to an aromatic ring is 1. The molecule has 0 aliphatic carbocycles. The van der Waals surface area contributed by atoms with Crippen molar-refractivity contribution < 1.29 is 14.3 Å². The molecule has 0 unspecified atom stereocenters. The lowest BCUT2D eigenvalue weighted by atomic mass is 10.0. The van der Waals surface area contributed by atoms with Crippen LogP contribution in [0.3, 0.4) is 0 Å². The fourth-order valence-electron chi connectivity index (χ4n) is 2.23. The molecule has 116 valence electrons. The molecule has 5 nitrogen and oxygen atoms in total. The maximum atomic E-state index is 12.5. The van der Waals surface area contributed by atoms with Crippen molar-refractivity contribution in [3.05, 3.63) is 42.0 Å². The van der Waals surface area contributed by atoms with Gasteiger partial charge in [-0.25, -0.2) is 4.79 Å². The molecule has 0 radical (unpaired) electrons. The van der Waals surface area contributed by atoms with E-state index in [1.807, 2.05) is 30.5 Å². The largest absolute Gasteiger partial charge is 0.467 e. The minimum Gasteiger partial charge on any atom is -0.467 e. The first-order chi connectivity index (χ1) is 10.6. The summed E-state index contributed by atoms with van der Waals surface area (Å²) in [4.78, 5) is 24.2. The summed E-state index contributed by atoms with van der Waals surface area (Å²) in [5.41, 5.74) is 7.03. The van der Waals surface area contributed by atoms with E-state index >= 15 is 0 Å². The molecule has 0 aliphatic rings. The molecule has 1 atom stereocenters. The minimum atomic E-state index is -0.677. The van der Waals surface area contributed by atoms with Crippen molar-refractivity contribution in [2.75, 3.05) is 24.9 Å². The SMILES string of the molecule is COC(=O)[C@@H](CSC)NC(=O)c1ccc(N)c2ccccc12. The molecule has 0 bridgehead atoms. The van der Waals surface area contributed by atoms with Crippen LogP contribution in [-0.2, 0) is 9.53 Å². The van der Waals surface area contributed by atoms with Gasteiger partial charge in [0.25, 0.3) is 5.91 Å².